The number of thiophene rings is 1. The van der Waals surface area contributed by atoms with Gasteiger partial charge in [0.05, 0.1) is 0 Å². The molecule has 1 nitrogen and oxygen atoms in total. The molecule has 3 heteroatoms. The Morgan fingerprint density at radius 2 is 1.11 bits per heavy atom. The quantitative estimate of drug-likeness (QED) is 0.204. The van der Waals surface area contributed by atoms with E-state index < -0.39 is 6.89 Å². The van der Waals surface area contributed by atoms with Crippen LogP contribution in [0.15, 0.2) is 139 Å². The van der Waals surface area contributed by atoms with E-state index in [0.29, 0.717) is 0 Å². The van der Waals surface area contributed by atoms with E-state index in [0.717, 1.165) is 22.0 Å². The van der Waals surface area contributed by atoms with Gasteiger partial charge < -0.3 is 0 Å². The van der Waals surface area contributed by atoms with Crippen molar-refractivity contribution in [3.8, 4) is 0 Å². The lowest BCUT2D eigenvalue weighted by atomic mass is 9.97. The van der Waals surface area contributed by atoms with Gasteiger partial charge in [-0.2, -0.15) is 0 Å². The second-order valence-electron chi connectivity index (χ2n) is 8.49. The van der Waals surface area contributed by atoms with E-state index in [1.165, 1.54) is 20.8 Å². The molecule has 0 bridgehead atoms. The van der Waals surface area contributed by atoms with Gasteiger partial charge in [0.2, 0.25) is 0 Å². The van der Waals surface area contributed by atoms with Crippen molar-refractivity contribution in [2.45, 2.75) is 0 Å². The number of benzene rings is 4. The van der Waals surface area contributed by atoms with Crippen LogP contribution in [-0.2, 0) is 0 Å². The number of rotatable bonds is 5. The summed E-state index contributed by atoms with van der Waals surface area (Å²) < 4.78 is 1.29. The van der Waals surface area contributed by atoms with E-state index >= 15 is 0 Å². The van der Waals surface area contributed by atoms with Crippen LogP contribution in [0.2, 0.25) is 0 Å². The lowest BCUT2D eigenvalue weighted by Crippen LogP contribution is -2.35. The molecule has 0 unspecified atom stereocenters. The molecule has 0 spiro atoms. The SMILES string of the molecule is O=C(C1=P(c2ccccc2)(c2ccccc2)c2sccc2C(c2ccccc2)=C1)c1ccccc1. The molecule has 0 radical (unpaired) electrons. The molecule has 0 N–H and O–H groups in total. The van der Waals surface area contributed by atoms with Crippen LogP contribution in [0.25, 0.3) is 5.57 Å². The second-order valence-corrected chi connectivity index (χ2v) is 13.0. The molecule has 5 aromatic rings. The smallest absolute Gasteiger partial charge is 0.194 e. The maximum atomic E-state index is 14.4. The maximum Gasteiger partial charge on any atom is 0.194 e. The van der Waals surface area contributed by atoms with Gasteiger partial charge in [0.1, 0.15) is 0 Å². The number of carbonyl (C=O) groups is 1. The van der Waals surface area contributed by atoms with Gasteiger partial charge in [-0.1, -0.05) is 121 Å². The molecule has 4 aromatic carbocycles. The second kappa shape index (κ2) is 9.15. The summed E-state index contributed by atoms with van der Waals surface area (Å²) in [6.07, 6.45) is 2.19. The standard InChI is InChI=1S/C32H23OPS/c33-31(25-15-7-2-8-16-25)30-23-29(24-13-5-1-6-14-24)28-21-22-35-32(28)34(30,26-17-9-3-10-18-26)27-19-11-4-12-20-27/h1-23H. The van der Waals surface area contributed by atoms with Gasteiger partial charge in [0.15, 0.2) is 5.78 Å². The predicted molar refractivity (Wildman–Crippen MR) is 152 cm³/mol. The zero-order valence-corrected chi connectivity index (χ0v) is 20.8. The normalized spacial score (nSPS) is 14.2. The molecule has 2 heterocycles. The third kappa shape index (κ3) is 3.58. The predicted octanol–water partition coefficient (Wildman–Crippen LogP) is 6.54. The van der Waals surface area contributed by atoms with Gasteiger partial charge in [-0.05, 0) is 46.2 Å². The van der Waals surface area contributed by atoms with Crippen molar-refractivity contribution in [3.63, 3.8) is 0 Å². The van der Waals surface area contributed by atoms with Gasteiger partial charge in [0, 0.05) is 21.0 Å². The molecular weight excluding hydrogens is 463 g/mol. The molecular formula is C32H23OPS. The van der Waals surface area contributed by atoms with Crippen molar-refractivity contribution < 1.29 is 4.79 Å². The van der Waals surface area contributed by atoms with E-state index in [9.17, 15) is 4.79 Å². The minimum atomic E-state index is -2.42. The Bertz CT molecular complexity index is 1540. The number of ketones is 1. The monoisotopic (exact) mass is 486 g/mol. The minimum Gasteiger partial charge on any atom is -0.289 e. The summed E-state index contributed by atoms with van der Waals surface area (Å²) in [6.45, 7) is -2.42. The van der Waals surface area contributed by atoms with E-state index in [2.05, 4.69) is 90.3 Å². The first-order chi connectivity index (χ1) is 17.3. The van der Waals surface area contributed by atoms with Crippen molar-refractivity contribution in [2.24, 2.45) is 0 Å². The first-order valence-electron chi connectivity index (χ1n) is 11.6. The van der Waals surface area contributed by atoms with Crippen LogP contribution < -0.4 is 15.2 Å². The summed E-state index contributed by atoms with van der Waals surface area (Å²) in [7, 11) is 0. The topological polar surface area (TPSA) is 17.1 Å². The average Bonchev–Trinajstić information content (AvgIpc) is 3.44. The first kappa shape index (κ1) is 21.8. The summed E-state index contributed by atoms with van der Waals surface area (Å²) in [6, 6.07) is 43.6. The molecule has 0 saturated carbocycles. The van der Waals surface area contributed by atoms with Crippen molar-refractivity contribution in [1.82, 2.24) is 0 Å². The highest BCUT2D eigenvalue weighted by atomic mass is 32.1. The highest BCUT2D eigenvalue weighted by Crippen LogP contribution is 2.53. The Kier molecular flexibility index (Phi) is 5.70. The fraction of sp³-hybridized carbons (Fsp3) is 0. The Morgan fingerprint density at radius 3 is 1.69 bits per heavy atom. The summed E-state index contributed by atoms with van der Waals surface area (Å²) in [5.74, 6) is 0.0964. The van der Waals surface area contributed by atoms with Gasteiger partial charge in [-0.3, -0.25) is 4.79 Å². The molecule has 0 amide bonds. The number of allylic oxidation sites excluding steroid dienone is 1. The zero-order valence-electron chi connectivity index (χ0n) is 19.0. The molecule has 1 aliphatic rings. The van der Waals surface area contributed by atoms with Crippen LogP contribution in [0.5, 0.6) is 0 Å². The molecule has 0 aliphatic carbocycles. The molecule has 0 saturated heterocycles. The third-order valence-electron chi connectivity index (χ3n) is 6.52. The summed E-state index contributed by atoms with van der Waals surface area (Å²) in [5, 5.41) is 5.47. The van der Waals surface area contributed by atoms with Crippen LogP contribution >= 0.6 is 18.2 Å². The molecule has 35 heavy (non-hydrogen) atoms. The van der Waals surface area contributed by atoms with Crippen LogP contribution in [0.1, 0.15) is 21.5 Å². The van der Waals surface area contributed by atoms with E-state index in [1.54, 1.807) is 11.3 Å². The van der Waals surface area contributed by atoms with Crippen LogP contribution in [-0.4, -0.2) is 11.1 Å². The largest absolute Gasteiger partial charge is 0.289 e. The van der Waals surface area contributed by atoms with Crippen LogP contribution in [0.3, 0.4) is 0 Å². The van der Waals surface area contributed by atoms with Gasteiger partial charge >= 0.3 is 0 Å². The lowest BCUT2D eigenvalue weighted by molar-refractivity contribution is 0.106. The van der Waals surface area contributed by atoms with Crippen LogP contribution in [0.4, 0.5) is 0 Å². The van der Waals surface area contributed by atoms with Crippen molar-refractivity contribution in [2.75, 3.05) is 0 Å². The minimum absolute atomic E-state index is 0.0964. The molecule has 0 fully saturated rings. The summed E-state index contributed by atoms with van der Waals surface area (Å²) >= 11 is 1.77. The summed E-state index contributed by atoms with van der Waals surface area (Å²) in [4.78, 5) is 14.4. The maximum absolute atomic E-state index is 14.4. The first-order valence-corrected chi connectivity index (χ1v) is 14.3. The number of hydrogen-bond donors (Lipinski definition) is 0. The zero-order chi connectivity index (χ0) is 23.7. The molecule has 168 valence electrons. The number of fused-ring (bicyclic) bond motifs is 1. The third-order valence-corrected chi connectivity index (χ3v) is 12.4. The number of Topliss-reactive ketones (excluding diaryl/α,β-unsaturated/α-hetero) is 1. The average molecular weight is 487 g/mol. The lowest BCUT2D eigenvalue weighted by Gasteiger charge is -2.34. The van der Waals surface area contributed by atoms with Gasteiger partial charge in [0.25, 0.3) is 0 Å². The molecule has 6 rings (SSSR count). The highest BCUT2D eigenvalue weighted by molar-refractivity contribution is 8.00. The summed E-state index contributed by atoms with van der Waals surface area (Å²) in [5.41, 5.74) is 4.20. The van der Waals surface area contributed by atoms with Crippen molar-refractivity contribution >= 4 is 50.1 Å². The Balaban J connectivity index is 1.82. The number of carbonyl (C=O) groups excluding carboxylic acids is 1. The Hall–Kier alpha value is -3.71. The van der Waals surface area contributed by atoms with Gasteiger partial charge in [-0.25, -0.2) is 0 Å². The van der Waals surface area contributed by atoms with E-state index in [-0.39, 0.29) is 5.78 Å². The Labute approximate surface area is 210 Å². The van der Waals surface area contributed by atoms with E-state index in [4.69, 9.17) is 0 Å². The molecule has 1 aliphatic heterocycles. The molecule has 1 aromatic heterocycles. The number of hydrogen-bond acceptors (Lipinski definition) is 2. The highest BCUT2D eigenvalue weighted by Gasteiger charge is 2.38. The van der Waals surface area contributed by atoms with E-state index in [1.807, 2.05) is 48.5 Å². The van der Waals surface area contributed by atoms with Crippen molar-refractivity contribution in [1.29, 1.82) is 0 Å². The van der Waals surface area contributed by atoms with Crippen molar-refractivity contribution in [3.05, 3.63) is 156 Å². The van der Waals surface area contributed by atoms with Gasteiger partial charge in [-0.15, -0.1) is 11.3 Å². The molecule has 0 atom stereocenters. The Morgan fingerprint density at radius 1 is 0.600 bits per heavy atom. The van der Waals surface area contributed by atoms with Crippen LogP contribution in [0, 0.1) is 0 Å². The fourth-order valence-corrected chi connectivity index (χ4v) is 11.4. The fourth-order valence-electron chi connectivity index (χ4n) is 4.96.